The van der Waals surface area contributed by atoms with Gasteiger partial charge in [0.1, 0.15) is 63.9 Å². The van der Waals surface area contributed by atoms with Crippen LogP contribution in [0.25, 0.3) is 22.3 Å². The van der Waals surface area contributed by atoms with E-state index in [2.05, 4.69) is 248 Å². The zero-order chi connectivity index (χ0) is 84.7. The number of likely N-dealkylation sites (N-methyl/N-ethyl adjacent to an activating group) is 4. The van der Waals surface area contributed by atoms with Gasteiger partial charge in [-0.15, -0.1) is 0 Å². The number of hydrogen-bond donors (Lipinski definition) is 2. The third kappa shape index (κ3) is 30.5. The molecule has 17 nitrogen and oxygen atoms in total. The van der Waals surface area contributed by atoms with Crippen LogP contribution in [0.5, 0.6) is 23.0 Å². The number of aromatic nitrogens is 1. The molecule has 5 aromatic rings. The molecule has 1 aromatic heterocycles. The van der Waals surface area contributed by atoms with Crippen LogP contribution >= 0.6 is 0 Å². The van der Waals surface area contributed by atoms with Crippen molar-refractivity contribution in [2.24, 2.45) is 21.7 Å². The highest BCUT2D eigenvalue weighted by atomic mass is 16.5. The van der Waals surface area contributed by atoms with Crippen LogP contribution in [0.1, 0.15) is 232 Å². The smallest absolute Gasteiger partial charge is 0.196 e. The first-order chi connectivity index (χ1) is 54.7. The standard InChI is InChI=1S/C23H32N2O2.C22H32N2O2.C22H32N2O.C21H32N2O.C11H17NO2/c1-17-15-18(7-6-8-22(26)23(2,3)4)20-10-9-19(16-21(20)27-17)25-13-11-24(5)12-14-25;1-16-14-17(8-7-9-21(25)22(2,3)4)19-11-10-18(15-20(19)26-16)23-12-13-24(5)6;1-17-15-18(7-6-10-22(2,3)4)20-9-8-19(16-21(20)25-17)24-13-11-23(5)12-14-24;1-16-14-17(8-7-11-21(2,3)4)19-10-9-18(15-20(19)24-16)22-12-13-23(5)6;1-8(2)11-12-10(7-14-11)9-3-5-13-6-4-9/h9-10,15-16H,1,6-8,11-14H2,2-5H3;10-11,14-15,23H,1,7-9,12-13H2,2-6H3;8-9,15-16H,1,6-7,10-14H2,2-5H3;9-10,14-15,22H,1,7-8,11-13H2,2-6H3;7-9H,3-6H2,1-2H3. The molecule has 7 aliphatic heterocycles. The number of nitrogens with one attached hydrogen (secondary N) is 2. The second-order valence-corrected chi connectivity index (χ2v) is 37.8. The summed E-state index contributed by atoms with van der Waals surface area (Å²) in [6, 6.07) is 25.8. The van der Waals surface area contributed by atoms with E-state index in [0.29, 0.717) is 58.6 Å². The predicted octanol–water partition coefficient (Wildman–Crippen LogP) is 22.1. The monoisotopic (exact) mass is 1590 g/mol. The Bertz CT molecular complexity index is 4230. The number of carbonyl (C=O) groups is 2. The Labute approximate surface area is 699 Å². The van der Waals surface area contributed by atoms with Crippen molar-refractivity contribution < 1.29 is 37.7 Å². The summed E-state index contributed by atoms with van der Waals surface area (Å²) in [6.45, 7) is 60.0. The van der Waals surface area contributed by atoms with Gasteiger partial charge in [-0.05, 0) is 225 Å². The summed E-state index contributed by atoms with van der Waals surface area (Å²) in [5.41, 5.74) is 15.7. The number of nitrogens with zero attached hydrogens (tertiary/aromatic N) is 7. The zero-order valence-electron chi connectivity index (χ0n) is 75.0. The van der Waals surface area contributed by atoms with Gasteiger partial charge < -0.3 is 68.1 Å². The topological polar surface area (TPSA) is 150 Å². The fraction of sp³-hybridized carbons (Fsp3) is 0.545. The number of ketones is 2. The number of Topliss-reactive ketones (excluding diaryl/α,β-unsaturated/α-hetero) is 2. The van der Waals surface area contributed by atoms with E-state index < -0.39 is 0 Å². The van der Waals surface area contributed by atoms with Crippen molar-refractivity contribution in [3.63, 3.8) is 0 Å². The summed E-state index contributed by atoms with van der Waals surface area (Å²) >= 11 is 0. The molecule has 0 atom stereocenters. The Morgan fingerprint density at radius 1 is 0.483 bits per heavy atom. The highest BCUT2D eigenvalue weighted by Gasteiger charge is 2.28. The van der Waals surface area contributed by atoms with Crippen LogP contribution in [-0.2, 0) is 14.3 Å². The number of ether oxygens (including phenoxy) is 5. The van der Waals surface area contributed by atoms with E-state index in [1.165, 1.54) is 70.5 Å². The Balaban J connectivity index is 0.000000183. The molecule has 0 radical (unpaired) electrons. The molecule has 3 saturated heterocycles. The lowest BCUT2D eigenvalue weighted by Crippen LogP contribution is -2.44. The quantitative estimate of drug-likeness (QED) is 0.0540. The van der Waals surface area contributed by atoms with Gasteiger partial charge in [0.25, 0.3) is 0 Å². The number of oxazole rings is 1. The van der Waals surface area contributed by atoms with Gasteiger partial charge in [0.2, 0.25) is 0 Å². The summed E-state index contributed by atoms with van der Waals surface area (Å²) in [5.74, 6) is 8.83. The van der Waals surface area contributed by atoms with Crippen LogP contribution < -0.4 is 39.4 Å². The van der Waals surface area contributed by atoms with Crippen molar-refractivity contribution in [2.75, 3.05) is 154 Å². The molecule has 0 amide bonds. The van der Waals surface area contributed by atoms with E-state index in [1.807, 2.05) is 66.0 Å². The van der Waals surface area contributed by atoms with Gasteiger partial charge in [-0.2, -0.15) is 0 Å². The highest BCUT2D eigenvalue weighted by molar-refractivity contribution is 5.85. The fourth-order valence-corrected chi connectivity index (χ4v) is 14.6. The minimum Gasteiger partial charge on any atom is -0.457 e. The van der Waals surface area contributed by atoms with Gasteiger partial charge in [-0.1, -0.05) is 123 Å². The zero-order valence-corrected chi connectivity index (χ0v) is 75.0. The maximum Gasteiger partial charge on any atom is 0.196 e. The Kier molecular flexibility index (Phi) is 34.7. The number of allylic oxidation sites excluding steroid dienone is 8. The molecular formula is C99H145N9O8. The average Bonchev–Trinajstić information content (AvgIpc) is 1.07. The first kappa shape index (κ1) is 93.1. The van der Waals surface area contributed by atoms with Crippen molar-refractivity contribution in [3.05, 3.63) is 187 Å². The van der Waals surface area contributed by atoms with Crippen LogP contribution in [0.2, 0.25) is 0 Å². The number of anilines is 4. The molecule has 3 fully saturated rings. The van der Waals surface area contributed by atoms with Crippen LogP contribution in [0.15, 0.2) is 157 Å². The van der Waals surface area contributed by atoms with Crippen molar-refractivity contribution in [2.45, 2.75) is 199 Å². The molecule has 7 aliphatic rings. The number of fused-ring (bicyclic) bond motifs is 4. The molecule has 2 N–H and O–H groups in total. The van der Waals surface area contributed by atoms with Gasteiger partial charge in [0.05, 0.1) is 5.69 Å². The maximum absolute atomic E-state index is 12.2. The van der Waals surface area contributed by atoms with Crippen LogP contribution in [0, 0.1) is 21.7 Å². The van der Waals surface area contributed by atoms with Crippen molar-refractivity contribution in [3.8, 4) is 23.0 Å². The van der Waals surface area contributed by atoms with E-state index in [1.54, 1.807) is 0 Å². The number of hydrogen-bond acceptors (Lipinski definition) is 17. The van der Waals surface area contributed by atoms with Crippen LogP contribution in [0.4, 0.5) is 22.7 Å². The van der Waals surface area contributed by atoms with Crippen LogP contribution in [0.3, 0.4) is 0 Å². The molecule has 0 aliphatic carbocycles. The summed E-state index contributed by atoms with van der Waals surface area (Å²) < 4.78 is 34.3. The molecule has 12 rings (SSSR count). The lowest BCUT2D eigenvalue weighted by Gasteiger charge is -2.34. The highest BCUT2D eigenvalue weighted by Crippen LogP contribution is 2.44. The third-order valence-electron chi connectivity index (χ3n) is 21.9. The molecule has 8 heterocycles. The van der Waals surface area contributed by atoms with Crippen molar-refractivity contribution in [1.82, 2.24) is 24.6 Å². The second-order valence-electron chi connectivity index (χ2n) is 37.8. The summed E-state index contributed by atoms with van der Waals surface area (Å²) in [4.78, 5) is 42.7. The molecule has 0 spiro atoms. The molecule has 0 saturated carbocycles. The molecule has 116 heavy (non-hydrogen) atoms. The van der Waals surface area contributed by atoms with E-state index in [-0.39, 0.29) is 10.8 Å². The molecule has 4 aromatic carbocycles. The van der Waals surface area contributed by atoms with Gasteiger partial charge in [0, 0.05) is 197 Å². The largest absolute Gasteiger partial charge is 0.457 e. The lowest BCUT2D eigenvalue weighted by molar-refractivity contribution is -0.127. The van der Waals surface area contributed by atoms with E-state index >= 15 is 0 Å². The molecular weight excluding hydrogens is 1440 g/mol. The predicted molar refractivity (Wildman–Crippen MR) is 487 cm³/mol. The van der Waals surface area contributed by atoms with E-state index in [9.17, 15) is 9.59 Å². The van der Waals surface area contributed by atoms with E-state index in [0.717, 1.165) is 212 Å². The molecule has 0 bridgehead atoms. The normalized spacial score (nSPS) is 16.6. The number of carbonyl (C=O) groups excluding carboxylic acids is 2. The second kappa shape index (κ2) is 43.3. The summed E-state index contributed by atoms with van der Waals surface area (Å²) in [7, 11) is 12.6. The third-order valence-corrected chi connectivity index (χ3v) is 21.9. The fourth-order valence-electron chi connectivity index (χ4n) is 14.6. The average molecular weight is 1590 g/mol. The summed E-state index contributed by atoms with van der Waals surface area (Å²) in [6.07, 6.45) is 23.8. The van der Waals surface area contributed by atoms with Gasteiger partial charge in [-0.3, -0.25) is 9.59 Å². The number of rotatable bonds is 26. The Morgan fingerprint density at radius 3 is 1.14 bits per heavy atom. The molecule has 634 valence electrons. The Morgan fingerprint density at radius 2 is 0.819 bits per heavy atom. The minimum atomic E-state index is -0.265. The van der Waals surface area contributed by atoms with E-state index in [4.69, 9.17) is 28.1 Å². The maximum atomic E-state index is 12.2. The van der Waals surface area contributed by atoms with Gasteiger partial charge in [-0.25, -0.2) is 4.98 Å². The minimum absolute atomic E-state index is 0.261. The Hall–Kier alpha value is -8.45. The molecule has 17 heteroatoms. The van der Waals surface area contributed by atoms with Crippen molar-refractivity contribution >= 4 is 56.6 Å². The number of benzene rings is 4. The van der Waals surface area contributed by atoms with Gasteiger partial charge in [0.15, 0.2) is 5.89 Å². The lowest BCUT2D eigenvalue weighted by atomic mass is 9.87. The summed E-state index contributed by atoms with van der Waals surface area (Å²) in [5, 5.41) is 6.86. The van der Waals surface area contributed by atoms with Crippen LogP contribution in [-0.4, -0.2) is 170 Å². The number of piperazine rings is 2. The first-order valence-electron chi connectivity index (χ1n) is 42.8. The SMILES string of the molecule is C=C1C=C(CCCC(=O)C(C)(C)C)c2ccc(N3CCN(C)CC3)cc2O1.C=C1C=C(CCCC(=O)C(C)(C)C)c2ccc(NCCN(C)C)cc2O1.C=C1C=C(CCCC(C)(C)C)c2ccc(N3CCN(C)CC3)cc2O1.C=C1C=C(CCCC(C)(C)C)c2ccc(NCCN(C)C)cc2O1.CC(C)c1nc(C2CCOCC2)co1. The first-order valence-corrected chi connectivity index (χ1v) is 42.8. The molecule has 0 unspecified atom stereocenters. The van der Waals surface area contributed by atoms with Gasteiger partial charge >= 0.3 is 0 Å². The van der Waals surface area contributed by atoms with Crippen molar-refractivity contribution in [1.29, 1.82) is 0 Å².